The Hall–Kier alpha value is -1.67. The number of carbonyl (C=O) groups excluding carboxylic acids is 3. The van der Waals surface area contributed by atoms with Crippen LogP contribution in [0.5, 0.6) is 0 Å². The number of nitrogens with one attached hydrogen (secondary N) is 2. The maximum Gasteiger partial charge on any atom is 0.222 e. The van der Waals surface area contributed by atoms with Crippen molar-refractivity contribution in [2.75, 3.05) is 32.8 Å². The van der Waals surface area contributed by atoms with Crippen molar-refractivity contribution in [3.63, 3.8) is 0 Å². The summed E-state index contributed by atoms with van der Waals surface area (Å²) in [5, 5.41) is 5.05. The van der Waals surface area contributed by atoms with Crippen LogP contribution < -0.4 is 22.1 Å². The number of amides is 3. The van der Waals surface area contributed by atoms with Gasteiger partial charge in [0, 0.05) is 45.9 Å². The highest BCUT2D eigenvalue weighted by atomic mass is 16.2. The average Bonchev–Trinajstić information content (AvgIpc) is 2.36. The van der Waals surface area contributed by atoms with Crippen molar-refractivity contribution in [1.82, 2.24) is 15.5 Å². The van der Waals surface area contributed by atoms with E-state index in [-0.39, 0.29) is 50.3 Å². The molecule has 0 aromatic heterocycles. The predicted molar refractivity (Wildman–Crippen MR) is 70.7 cm³/mol. The summed E-state index contributed by atoms with van der Waals surface area (Å²) >= 11 is 0. The molecule has 8 heteroatoms. The van der Waals surface area contributed by atoms with Crippen LogP contribution in [-0.2, 0) is 14.4 Å². The van der Waals surface area contributed by atoms with Crippen molar-refractivity contribution in [2.45, 2.75) is 19.8 Å². The first-order valence-corrected chi connectivity index (χ1v) is 6.20. The maximum absolute atomic E-state index is 11.4. The minimum atomic E-state index is -0.221. The van der Waals surface area contributed by atoms with Crippen LogP contribution in [0.25, 0.3) is 0 Å². The van der Waals surface area contributed by atoms with Gasteiger partial charge in [0.25, 0.3) is 0 Å². The highest BCUT2D eigenvalue weighted by Crippen LogP contribution is 1.96. The summed E-state index contributed by atoms with van der Waals surface area (Å²) in [5.41, 5.74) is 10.4. The van der Waals surface area contributed by atoms with Crippen LogP contribution in [-0.4, -0.2) is 55.5 Å². The van der Waals surface area contributed by atoms with E-state index in [1.165, 1.54) is 11.8 Å². The van der Waals surface area contributed by atoms with Crippen molar-refractivity contribution in [1.29, 1.82) is 0 Å². The molecule has 0 saturated heterocycles. The Morgan fingerprint density at radius 1 is 1.00 bits per heavy atom. The second kappa shape index (κ2) is 10.3. The third-order valence-corrected chi connectivity index (χ3v) is 2.43. The van der Waals surface area contributed by atoms with Gasteiger partial charge in [0.1, 0.15) is 0 Å². The minimum Gasteiger partial charge on any atom is -0.355 e. The molecule has 110 valence electrons. The fraction of sp³-hybridized carbons (Fsp3) is 0.727. The third-order valence-electron chi connectivity index (χ3n) is 2.43. The van der Waals surface area contributed by atoms with Gasteiger partial charge in [-0.25, -0.2) is 0 Å². The first kappa shape index (κ1) is 17.3. The zero-order chi connectivity index (χ0) is 14.7. The maximum atomic E-state index is 11.4. The lowest BCUT2D eigenvalue weighted by molar-refractivity contribution is -0.130. The summed E-state index contributed by atoms with van der Waals surface area (Å²) in [6.07, 6.45) is 0.360. The van der Waals surface area contributed by atoms with E-state index in [0.717, 1.165) is 0 Å². The summed E-state index contributed by atoms with van der Waals surface area (Å²) in [5.74, 6) is -0.559. The Morgan fingerprint density at radius 2 is 1.53 bits per heavy atom. The first-order valence-electron chi connectivity index (χ1n) is 6.20. The van der Waals surface area contributed by atoms with E-state index in [9.17, 15) is 14.4 Å². The molecule has 0 aromatic rings. The van der Waals surface area contributed by atoms with E-state index < -0.39 is 0 Å². The van der Waals surface area contributed by atoms with Crippen molar-refractivity contribution >= 4 is 17.7 Å². The fourth-order valence-corrected chi connectivity index (χ4v) is 1.40. The molecule has 0 aromatic carbocycles. The summed E-state index contributed by atoms with van der Waals surface area (Å²) < 4.78 is 0. The van der Waals surface area contributed by atoms with E-state index in [1.54, 1.807) is 0 Å². The lowest BCUT2D eigenvalue weighted by Gasteiger charge is -2.20. The average molecular weight is 273 g/mol. The summed E-state index contributed by atoms with van der Waals surface area (Å²) in [6.45, 7) is 2.81. The van der Waals surface area contributed by atoms with Crippen molar-refractivity contribution in [3.8, 4) is 0 Å². The molecule has 0 aliphatic rings. The Morgan fingerprint density at radius 3 is 1.95 bits per heavy atom. The first-order chi connectivity index (χ1) is 9.01. The standard InChI is InChI=1S/C11H23N5O3/c1-9(17)16(7-3-11(19)15-8-13)6-2-10(18)14-5-4-12/h2-8,12-13H2,1H3,(H,14,18)(H,15,19). The van der Waals surface area contributed by atoms with Crippen molar-refractivity contribution < 1.29 is 14.4 Å². The molecule has 0 atom stereocenters. The van der Waals surface area contributed by atoms with Gasteiger partial charge in [0.05, 0.1) is 6.67 Å². The van der Waals surface area contributed by atoms with E-state index in [2.05, 4.69) is 10.6 Å². The largest absolute Gasteiger partial charge is 0.355 e. The van der Waals surface area contributed by atoms with Crippen LogP contribution in [0.15, 0.2) is 0 Å². The molecule has 0 saturated carbocycles. The minimum absolute atomic E-state index is 0.0698. The summed E-state index contributed by atoms with van der Waals surface area (Å²) in [4.78, 5) is 35.4. The van der Waals surface area contributed by atoms with Crippen molar-refractivity contribution in [2.24, 2.45) is 11.5 Å². The molecule has 19 heavy (non-hydrogen) atoms. The number of nitrogens with zero attached hydrogens (tertiary/aromatic N) is 1. The molecule has 0 heterocycles. The van der Waals surface area contributed by atoms with E-state index in [1.807, 2.05) is 0 Å². The molecule has 8 nitrogen and oxygen atoms in total. The number of hydrogen-bond donors (Lipinski definition) is 4. The Bertz CT molecular complexity index is 309. The normalized spacial score (nSPS) is 9.84. The topological polar surface area (TPSA) is 131 Å². The number of hydrogen-bond acceptors (Lipinski definition) is 5. The molecular weight excluding hydrogens is 250 g/mol. The van der Waals surface area contributed by atoms with Gasteiger partial charge in [0.15, 0.2) is 0 Å². The summed E-state index contributed by atoms with van der Waals surface area (Å²) in [7, 11) is 0. The van der Waals surface area contributed by atoms with Crippen LogP contribution >= 0.6 is 0 Å². The molecule has 0 aliphatic heterocycles. The molecular formula is C11H23N5O3. The molecule has 0 unspecified atom stereocenters. The van der Waals surface area contributed by atoms with Crippen LogP contribution in [0, 0.1) is 0 Å². The number of carbonyl (C=O) groups is 3. The van der Waals surface area contributed by atoms with Gasteiger partial charge >= 0.3 is 0 Å². The fourth-order valence-electron chi connectivity index (χ4n) is 1.40. The Labute approximate surface area is 112 Å². The lowest BCUT2D eigenvalue weighted by atomic mass is 10.3. The second-order valence-electron chi connectivity index (χ2n) is 3.95. The van der Waals surface area contributed by atoms with Crippen molar-refractivity contribution in [3.05, 3.63) is 0 Å². The van der Waals surface area contributed by atoms with Crippen LogP contribution in [0.4, 0.5) is 0 Å². The SMILES string of the molecule is CC(=O)N(CCC(=O)NCN)CCC(=O)NCCN. The highest BCUT2D eigenvalue weighted by Gasteiger charge is 2.12. The number of nitrogens with two attached hydrogens (primary N) is 2. The molecule has 3 amide bonds. The van der Waals surface area contributed by atoms with Crippen LogP contribution in [0.3, 0.4) is 0 Å². The number of rotatable bonds is 9. The molecule has 0 aliphatic carbocycles. The van der Waals surface area contributed by atoms with E-state index >= 15 is 0 Å². The highest BCUT2D eigenvalue weighted by molar-refractivity contribution is 5.79. The Balaban J connectivity index is 4.02. The monoisotopic (exact) mass is 273 g/mol. The molecule has 0 bridgehead atoms. The van der Waals surface area contributed by atoms with Gasteiger partial charge in [-0.2, -0.15) is 0 Å². The molecule has 0 radical (unpaired) electrons. The van der Waals surface area contributed by atoms with Gasteiger partial charge < -0.3 is 27.0 Å². The third kappa shape index (κ3) is 8.97. The van der Waals surface area contributed by atoms with Gasteiger partial charge in [-0.05, 0) is 0 Å². The molecule has 0 spiro atoms. The van der Waals surface area contributed by atoms with Gasteiger partial charge in [0.2, 0.25) is 17.7 Å². The molecule has 0 rings (SSSR count). The lowest BCUT2D eigenvalue weighted by Crippen LogP contribution is -2.38. The zero-order valence-corrected chi connectivity index (χ0v) is 11.3. The summed E-state index contributed by atoms with van der Waals surface area (Å²) in [6, 6.07) is 0. The molecule has 0 fully saturated rings. The van der Waals surface area contributed by atoms with Gasteiger partial charge in [-0.15, -0.1) is 0 Å². The zero-order valence-electron chi connectivity index (χ0n) is 11.3. The smallest absolute Gasteiger partial charge is 0.222 e. The van der Waals surface area contributed by atoms with Gasteiger partial charge in [-0.1, -0.05) is 0 Å². The van der Waals surface area contributed by atoms with E-state index in [4.69, 9.17) is 11.5 Å². The van der Waals surface area contributed by atoms with Gasteiger partial charge in [-0.3, -0.25) is 14.4 Å². The quantitative estimate of drug-likeness (QED) is 0.352. The second-order valence-corrected chi connectivity index (χ2v) is 3.95. The predicted octanol–water partition coefficient (Wildman–Crippen LogP) is -2.28. The molecule has 6 N–H and O–H groups in total. The Kier molecular flexibility index (Phi) is 9.37. The van der Waals surface area contributed by atoms with Crippen LogP contribution in [0.1, 0.15) is 19.8 Å². The van der Waals surface area contributed by atoms with E-state index in [0.29, 0.717) is 13.1 Å². The van der Waals surface area contributed by atoms with Crippen LogP contribution in [0.2, 0.25) is 0 Å².